The summed E-state index contributed by atoms with van der Waals surface area (Å²) in [4.78, 5) is 0. The van der Waals surface area contributed by atoms with Crippen molar-refractivity contribution in [1.82, 2.24) is 0 Å². The van der Waals surface area contributed by atoms with Crippen LogP contribution in [0.1, 0.15) is 27.2 Å². The Labute approximate surface area is 52.6 Å². The molecule has 0 aromatic rings. The van der Waals surface area contributed by atoms with E-state index in [1.807, 2.05) is 6.08 Å². The Kier molecular flexibility index (Phi) is 2.81. The van der Waals surface area contributed by atoms with Crippen molar-refractivity contribution in [3.8, 4) is 0 Å². The fourth-order valence-corrected chi connectivity index (χ4v) is 0.609. The number of allylic oxidation sites excluding steroid dienone is 1. The Morgan fingerprint density at radius 2 is 2.00 bits per heavy atom. The van der Waals surface area contributed by atoms with Crippen molar-refractivity contribution in [3.05, 3.63) is 19.1 Å². The first-order chi connectivity index (χ1) is 3.62. The summed E-state index contributed by atoms with van der Waals surface area (Å²) in [5, 5.41) is 0. The lowest BCUT2D eigenvalue weighted by molar-refractivity contribution is 0.474. The molecule has 0 aliphatic heterocycles. The molecule has 0 saturated carbocycles. The van der Waals surface area contributed by atoms with E-state index in [0.29, 0.717) is 5.41 Å². The average molecular weight is 111 g/mol. The predicted octanol–water partition coefficient (Wildman–Crippen LogP) is 2.81. The minimum atomic E-state index is 0.300. The van der Waals surface area contributed by atoms with E-state index < -0.39 is 0 Å². The van der Waals surface area contributed by atoms with Gasteiger partial charge in [0.2, 0.25) is 0 Å². The molecule has 0 atom stereocenters. The average Bonchev–Trinajstić information content (AvgIpc) is 1.67. The van der Waals surface area contributed by atoms with Crippen molar-refractivity contribution in [2.75, 3.05) is 0 Å². The molecule has 0 bridgehead atoms. The number of rotatable bonds is 3. The van der Waals surface area contributed by atoms with Gasteiger partial charge in [0.05, 0.1) is 0 Å². The van der Waals surface area contributed by atoms with E-state index in [4.69, 9.17) is 0 Å². The molecule has 0 saturated heterocycles. The van der Waals surface area contributed by atoms with E-state index >= 15 is 0 Å². The molecule has 0 unspecified atom stereocenters. The predicted molar refractivity (Wildman–Crippen MR) is 38.6 cm³/mol. The van der Waals surface area contributed by atoms with Gasteiger partial charge in [-0.25, -0.2) is 0 Å². The van der Waals surface area contributed by atoms with Gasteiger partial charge in [0.25, 0.3) is 0 Å². The lowest BCUT2D eigenvalue weighted by Gasteiger charge is -2.17. The topological polar surface area (TPSA) is 0 Å². The van der Waals surface area contributed by atoms with Crippen LogP contribution >= 0.6 is 0 Å². The highest BCUT2D eigenvalue weighted by Crippen LogP contribution is 2.21. The molecule has 0 heteroatoms. The highest BCUT2D eigenvalue weighted by Gasteiger charge is 2.09. The van der Waals surface area contributed by atoms with Gasteiger partial charge in [-0.15, -0.1) is 6.58 Å². The Balaban J connectivity index is 3.53. The summed E-state index contributed by atoms with van der Waals surface area (Å²) in [6.07, 6.45) is 5.28. The summed E-state index contributed by atoms with van der Waals surface area (Å²) in [7, 11) is 0. The molecule has 0 heterocycles. The maximum Gasteiger partial charge on any atom is -0.0175 e. The second kappa shape index (κ2) is 2.91. The summed E-state index contributed by atoms with van der Waals surface area (Å²) in [6, 6.07) is 0. The number of hydrogen-bond acceptors (Lipinski definition) is 0. The second-order valence-electron chi connectivity index (χ2n) is 2.81. The zero-order chi connectivity index (χ0) is 6.62. The van der Waals surface area contributed by atoms with Gasteiger partial charge in [-0.05, 0) is 18.3 Å². The molecular weight excluding hydrogens is 96.1 g/mol. The SMILES string of the molecule is C=CC(C)(C)C[CH]C. The first-order valence-corrected chi connectivity index (χ1v) is 3.04. The van der Waals surface area contributed by atoms with Crippen LogP contribution in [0.3, 0.4) is 0 Å². The van der Waals surface area contributed by atoms with Crippen molar-refractivity contribution in [3.63, 3.8) is 0 Å². The molecule has 0 spiro atoms. The van der Waals surface area contributed by atoms with Gasteiger partial charge in [0.1, 0.15) is 0 Å². The first kappa shape index (κ1) is 7.74. The summed E-state index contributed by atoms with van der Waals surface area (Å²) in [5.41, 5.74) is 0.300. The van der Waals surface area contributed by atoms with E-state index in [-0.39, 0.29) is 0 Å². The molecule has 0 amide bonds. The van der Waals surface area contributed by atoms with Crippen LogP contribution in [-0.4, -0.2) is 0 Å². The molecule has 0 aromatic heterocycles. The highest BCUT2D eigenvalue weighted by atomic mass is 14.1. The van der Waals surface area contributed by atoms with E-state index in [1.165, 1.54) is 0 Å². The van der Waals surface area contributed by atoms with Gasteiger partial charge in [0, 0.05) is 0 Å². The third-order valence-corrected chi connectivity index (χ3v) is 1.28. The first-order valence-electron chi connectivity index (χ1n) is 3.04. The Morgan fingerprint density at radius 1 is 1.50 bits per heavy atom. The van der Waals surface area contributed by atoms with Gasteiger partial charge >= 0.3 is 0 Å². The maximum atomic E-state index is 3.73. The normalized spacial score (nSPS) is 11.4. The Morgan fingerprint density at radius 3 is 2.12 bits per heavy atom. The van der Waals surface area contributed by atoms with Crippen LogP contribution in [0.15, 0.2) is 12.7 Å². The molecule has 0 fully saturated rings. The van der Waals surface area contributed by atoms with Gasteiger partial charge in [-0.3, -0.25) is 0 Å². The van der Waals surface area contributed by atoms with Crippen molar-refractivity contribution >= 4 is 0 Å². The smallest absolute Gasteiger partial charge is 0.0175 e. The largest absolute Gasteiger partial charge is 0.103 e. The molecular formula is C8H15. The number of hydrogen-bond donors (Lipinski definition) is 0. The molecule has 1 radical (unpaired) electrons. The van der Waals surface area contributed by atoms with Crippen molar-refractivity contribution in [2.45, 2.75) is 27.2 Å². The summed E-state index contributed by atoms with van der Waals surface area (Å²) >= 11 is 0. The van der Waals surface area contributed by atoms with Crippen LogP contribution in [0.4, 0.5) is 0 Å². The molecule has 0 rings (SSSR count). The van der Waals surface area contributed by atoms with Gasteiger partial charge in [-0.2, -0.15) is 0 Å². The van der Waals surface area contributed by atoms with Crippen LogP contribution in [0.2, 0.25) is 0 Å². The minimum Gasteiger partial charge on any atom is -0.103 e. The molecule has 0 nitrogen and oxygen atoms in total. The molecule has 0 aromatic carbocycles. The van der Waals surface area contributed by atoms with E-state index in [1.54, 1.807) is 0 Å². The van der Waals surface area contributed by atoms with Crippen molar-refractivity contribution in [1.29, 1.82) is 0 Å². The third-order valence-electron chi connectivity index (χ3n) is 1.28. The zero-order valence-electron chi connectivity index (χ0n) is 6.07. The fourth-order valence-electron chi connectivity index (χ4n) is 0.609. The van der Waals surface area contributed by atoms with Crippen LogP contribution in [-0.2, 0) is 0 Å². The minimum absolute atomic E-state index is 0.300. The van der Waals surface area contributed by atoms with Crippen molar-refractivity contribution in [2.24, 2.45) is 5.41 Å². The lowest BCUT2D eigenvalue weighted by Crippen LogP contribution is -2.05. The van der Waals surface area contributed by atoms with Crippen molar-refractivity contribution < 1.29 is 0 Å². The summed E-state index contributed by atoms with van der Waals surface area (Å²) < 4.78 is 0. The molecule has 47 valence electrons. The quantitative estimate of drug-likeness (QED) is 0.491. The second-order valence-corrected chi connectivity index (χ2v) is 2.81. The highest BCUT2D eigenvalue weighted by molar-refractivity contribution is 4.89. The standard InChI is InChI=1S/C8H15/c1-5-7-8(3,4)6-2/h5-6H,2,7H2,1,3-4H3. The van der Waals surface area contributed by atoms with Gasteiger partial charge in [-0.1, -0.05) is 26.8 Å². The Hall–Kier alpha value is -0.260. The van der Waals surface area contributed by atoms with E-state index in [2.05, 4.69) is 33.8 Å². The fraction of sp³-hybridized carbons (Fsp3) is 0.625. The third kappa shape index (κ3) is 2.84. The van der Waals surface area contributed by atoms with E-state index in [0.717, 1.165) is 6.42 Å². The lowest BCUT2D eigenvalue weighted by atomic mass is 9.89. The van der Waals surface area contributed by atoms with Crippen LogP contribution in [0.5, 0.6) is 0 Å². The van der Waals surface area contributed by atoms with Crippen LogP contribution in [0.25, 0.3) is 0 Å². The maximum absolute atomic E-state index is 3.73. The molecule has 0 aliphatic rings. The van der Waals surface area contributed by atoms with E-state index in [9.17, 15) is 0 Å². The van der Waals surface area contributed by atoms with Gasteiger partial charge < -0.3 is 0 Å². The zero-order valence-corrected chi connectivity index (χ0v) is 6.07. The van der Waals surface area contributed by atoms with Crippen LogP contribution < -0.4 is 0 Å². The molecule has 8 heavy (non-hydrogen) atoms. The molecule has 0 N–H and O–H groups in total. The summed E-state index contributed by atoms with van der Waals surface area (Å²) in [6.45, 7) is 10.2. The van der Waals surface area contributed by atoms with Gasteiger partial charge in [0.15, 0.2) is 0 Å². The summed E-state index contributed by atoms with van der Waals surface area (Å²) in [5.74, 6) is 0. The van der Waals surface area contributed by atoms with Crippen LogP contribution in [0, 0.1) is 11.8 Å². The Bertz CT molecular complexity index is 70.1. The molecule has 0 aliphatic carbocycles. The monoisotopic (exact) mass is 111 g/mol.